The van der Waals surface area contributed by atoms with Gasteiger partial charge in [-0.15, -0.1) is 0 Å². The van der Waals surface area contributed by atoms with Gasteiger partial charge in [0.15, 0.2) is 0 Å². The van der Waals surface area contributed by atoms with Crippen LogP contribution in [0.25, 0.3) is 33.5 Å². The molecule has 0 aliphatic rings. The second-order valence-electron chi connectivity index (χ2n) is 5.06. The van der Waals surface area contributed by atoms with E-state index in [1.165, 1.54) is 0 Å². The molecule has 1 N–H and O–H groups in total. The van der Waals surface area contributed by atoms with Gasteiger partial charge in [-0.1, -0.05) is 23.7 Å². The Balaban J connectivity index is 1.87. The van der Waals surface area contributed by atoms with Crippen molar-refractivity contribution in [3.05, 3.63) is 64.4 Å². The lowest BCUT2D eigenvalue weighted by atomic mass is 10.1. The summed E-state index contributed by atoms with van der Waals surface area (Å²) in [7, 11) is 0. The summed E-state index contributed by atoms with van der Waals surface area (Å²) in [5.74, 6) is 0. The minimum absolute atomic E-state index is 0.683. The molecule has 4 rings (SSSR count). The number of nitrogens with one attached hydrogen (secondary N) is 1. The third-order valence-corrected chi connectivity index (χ3v) is 4.20. The molecule has 3 aromatic heterocycles. The molecule has 4 aromatic rings. The fourth-order valence-corrected chi connectivity index (χ4v) is 2.99. The minimum atomic E-state index is 0.683. The summed E-state index contributed by atoms with van der Waals surface area (Å²) >= 11 is 9.52. The Labute approximate surface area is 145 Å². The Bertz CT molecular complexity index is 1010. The molecule has 6 heteroatoms. The van der Waals surface area contributed by atoms with Crippen LogP contribution in [0.15, 0.2) is 59.3 Å². The quantitative estimate of drug-likeness (QED) is 0.522. The number of fused-ring (bicyclic) bond motifs is 1. The van der Waals surface area contributed by atoms with Gasteiger partial charge >= 0.3 is 0 Å². The van der Waals surface area contributed by atoms with E-state index in [2.05, 4.69) is 31.1 Å². The Morgan fingerprint density at radius 3 is 2.78 bits per heavy atom. The topological polar surface area (TPSA) is 54.5 Å². The first kappa shape index (κ1) is 14.4. The first-order valence-electron chi connectivity index (χ1n) is 6.93. The number of nitrogens with zero attached hydrogens (tertiary/aromatic N) is 3. The van der Waals surface area contributed by atoms with Gasteiger partial charge in [0.2, 0.25) is 0 Å². The van der Waals surface area contributed by atoms with Crippen molar-refractivity contribution < 1.29 is 0 Å². The maximum atomic E-state index is 6.09. The molecule has 0 fully saturated rings. The minimum Gasteiger partial charge on any atom is -0.277 e. The van der Waals surface area contributed by atoms with E-state index in [-0.39, 0.29) is 0 Å². The number of aromatic amines is 1. The highest BCUT2D eigenvalue weighted by molar-refractivity contribution is 9.10. The number of benzene rings is 1. The summed E-state index contributed by atoms with van der Waals surface area (Å²) in [4.78, 5) is 9.05. The van der Waals surface area contributed by atoms with Crippen molar-refractivity contribution in [3.63, 3.8) is 0 Å². The van der Waals surface area contributed by atoms with E-state index in [0.717, 1.165) is 38.0 Å². The van der Waals surface area contributed by atoms with Gasteiger partial charge in [0.05, 0.1) is 28.6 Å². The van der Waals surface area contributed by atoms with Gasteiger partial charge in [0.1, 0.15) is 0 Å². The van der Waals surface area contributed by atoms with Gasteiger partial charge in [-0.3, -0.25) is 10.1 Å². The molecule has 0 aliphatic carbocycles. The summed E-state index contributed by atoms with van der Waals surface area (Å²) in [6.45, 7) is 0. The first-order chi connectivity index (χ1) is 11.2. The van der Waals surface area contributed by atoms with Crippen molar-refractivity contribution in [1.82, 2.24) is 20.2 Å². The summed E-state index contributed by atoms with van der Waals surface area (Å²) in [5.41, 5.74) is 5.30. The number of aromatic nitrogens is 4. The zero-order valence-electron chi connectivity index (χ0n) is 11.8. The van der Waals surface area contributed by atoms with Gasteiger partial charge < -0.3 is 0 Å². The van der Waals surface area contributed by atoms with Crippen molar-refractivity contribution >= 4 is 38.6 Å². The molecule has 0 saturated heterocycles. The third-order valence-electron chi connectivity index (χ3n) is 3.53. The second kappa shape index (κ2) is 5.76. The Kier molecular flexibility index (Phi) is 3.59. The lowest BCUT2D eigenvalue weighted by molar-refractivity contribution is 1.10. The van der Waals surface area contributed by atoms with Crippen LogP contribution in [0.1, 0.15) is 0 Å². The van der Waals surface area contributed by atoms with Gasteiger partial charge in [-0.25, -0.2) is 4.98 Å². The van der Waals surface area contributed by atoms with Crippen molar-refractivity contribution in [2.45, 2.75) is 0 Å². The number of pyridine rings is 2. The maximum absolute atomic E-state index is 6.09. The number of hydrogen-bond donors (Lipinski definition) is 1. The van der Waals surface area contributed by atoms with Crippen molar-refractivity contribution in [1.29, 1.82) is 0 Å². The Hall–Kier alpha value is -2.24. The molecule has 3 heterocycles. The van der Waals surface area contributed by atoms with Gasteiger partial charge in [-0.05, 0) is 46.3 Å². The van der Waals surface area contributed by atoms with Crippen LogP contribution < -0.4 is 0 Å². The van der Waals surface area contributed by atoms with E-state index in [9.17, 15) is 0 Å². The summed E-state index contributed by atoms with van der Waals surface area (Å²) in [6, 6.07) is 13.5. The highest BCUT2D eigenvalue weighted by Gasteiger charge is 2.12. The van der Waals surface area contributed by atoms with Gasteiger partial charge in [0.25, 0.3) is 0 Å². The fourth-order valence-electron chi connectivity index (χ4n) is 2.48. The van der Waals surface area contributed by atoms with Crippen molar-refractivity contribution in [3.8, 4) is 22.5 Å². The van der Waals surface area contributed by atoms with Crippen molar-refractivity contribution in [2.75, 3.05) is 0 Å². The molecule has 0 aliphatic heterocycles. The molecule has 0 saturated carbocycles. The third kappa shape index (κ3) is 2.73. The first-order valence-corrected chi connectivity index (χ1v) is 8.10. The maximum Gasteiger partial charge on any atom is 0.0905 e. The molecule has 0 bridgehead atoms. The van der Waals surface area contributed by atoms with E-state index in [0.29, 0.717) is 5.02 Å². The zero-order chi connectivity index (χ0) is 15.8. The Morgan fingerprint density at radius 2 is 1.91 bits per heavy atom. The standard InChI is InChI=1S/C17H10BrClN4/c18-11-7-16-15(20-8-11)5-4-14(22-16)13-9-21-23-17(13)10-2-1-3-12(19)6-10/h1-9H,(H,21,23). The molecule has 0 atom stereocenters. The molecule has 0 amide bonds. The average molecular weight is 386 g/mol. The molecular formula is C17H10BrClN4. The predicted molar refractivity (Wildman–Crippen MR) is 95.3 cm³/mol. The van der Waals surface area contributed by atoms with Crippen molar-refractivity contribution in [2.24, 2.45) is 0 Å². The largest absolute Gasteiger partial charge is 0.277 e. The van der Waals surface area contributed by atoms with Crippen LogP contribution in [-0.4, -0.2) is 20.2 Å². The van der Waals surface area contributed by atoms with Crippen LogP contribution in [-0.2, 0) is 0 Å². The monoisotopic (exact) mass is 384 g/mol. The van der Waals surface area contributed by atoms with E-state index < -0.39 is 0 Å². The smallest absolute Gasteiger partial charge is 0.0905 e. The van der Waals surface area contributed by atoms with Crippen LogP contribution in [0.2, 0.25) is 5.02 Å². The molecule has 0 radical (unpaired) electrons. The zero-order valence-corrected chi connectivity index (χ0v) is 14.1. The van der Waals surface area contributed by atoms with Crippen LogP contribution in [0.5, 0.6) is 0 Å². The highest BCUT2D eigenvalue weighted by Crippen LogP contribution is 2.31. The van der Waals surface area contributed by atoms with E-state index in [4.69, 9.17) is 16.6 Å². The number of halogens is 2. The lowest BCUT2D eigenvalue weighted by Crippen LogP contribution is -1.89. The number of H-pyrrole nitrogens is 1. The van der Waals surface area contributed by atoms with E-state index >= 15 is 0 Å². The van der Waals surface area contributed by atoms with Crippen LogP contribution in [0, 0.1) is 0 Å². The van der Waals surface area contributed by atoms with Crippen LogP contribution >= 0.6 is 27.5 Å². The van der Waals surface area contributed by atoms with E-state index in [1.807, 2.05) is 42.5 Å². The highest BCUT2D eigenvalue weighted by atomic mass is 79.9. The fraction of sp³-hybridized carbons (Fsp3) is 0. The van der Waals surface area contributed by atoms with Gasteiger partial charge in [-0.2, -0.15) is 5.10 Å². The average Bonchev–Trinajstić information content (AvgIpc) is 3.03. The van der Waals surface area contributed by atoms with Crippen LogP contribution in [0.3, 0.4) is 0 Å². The molecule has 0 spiro atoms. The molecule has 0 unspecified atom stereocenters. The molecule has 112 valence electrons. The predicted octanol–water partition coefficient (Wildman–Crippen LogP) is 5.10. The Morgan fingerprint density at radius 1 is 1.00 bits per heavy atom. The normalized spacial score (nSPS) is 11.0. The summed E-state index contributed by atoms with van der Waals surface area (Å²) in [6.07, 6.45) is 3.54. The summed E-state index contributed by atoms with van der Waals surface area (Å²) < 4.78 is 0.900. The number of rotatable bonds is 2. The van der Waals surface area contributed by atoms with Gasteiger partial charge in [0, 0.05) is 26.8 Å². The second-order valence-corrected chi connectivity index (χ2v) is 6.41. The molecule has 23 heavy (non-hydrogen) atoms. The van der Waals surface area contributed by atoms with Crippen LogP contribution in [0.4, 0.5) is 0 Å². The lowest BCUT2D eigenvalue weighted by Gasteiger charge is -2.05. The van der Waals surface area contributed by atoms with E-state index in [1.54, 1.807) is 12.4 Å². The SMILES string of the molecule is Clc1cccc(-c2[nH]ncc2-c2ccc3ncc(Br)cc3n2)c1. The molecule has 1 aromatic carbocycles. The molecule has 4 nitrogen and oxygen atoms in total. The summed E-state index contributed by atoms with van der Waals surface area (Å²) in [5, 5.41) is 7.89. The number of hydrogen-bond acceptors (Lipinski definition) is 3. The molecular weight excluding hydrogens is 376 g/mol.